The van der Waals surface area contributed by atoms with Crippen molar-refractivity contribution in [1.82, 2.24) is 4.90 Å². The quantitative estimate of drug-likeness (QED) is 0.347. The molecule has 0 amide bonds. The minimum Gasteiger partial charge on any atom is -0.309 e. The maximum absolute atomic E-state index is 9.56. The summed E-state index contributed by atoms with van der Waals surface area (Å²) in [6.45, 7) is 4.92. The third-order valence-electron chi connectivity index (χ3n) is 3.82. The Morgan fingerprint density at radius 1 is 0.696 bits per heavy atom. The van der Waals surface area contributed by atoms with Gasteiger partial charge in [0.1, 0.15) is 0 Å². The summed E-state index contributed by atoms with van der Waals surface area (Å²) in [7, 11) is 0.668. The Hall–Kier alpha value is -0.130. The van der Waals surface area contributed by atoms with Gasteiger partial charge in [0, 0.05) is 0 Å². The lowest BCUT2D eigenvalue weighted by molar-refractivity contribution is 0.389. The molecule has 0 aliphatic rings. The van der Waals surface area contributed by atoms with Crippen LogP contribution in [0.3, 0.4) is 0 Å². The molecule has 0 saturated carbocycles. The predicted molar refractivity (Wildman–Crippen MR) is 102 cm³/mol. The highest BCUT2D eigenvalue weighted by atomic mass is 32.2. The lowest BCUT2D eigenvalue weighted by Crippen LogP contribution is -2.12. The number of rotatable bonds is 14. The Kier molecular flexibility index (Phi) is 19.9. The molecule has 0 atom stereocenters. The molecule has 0 aromatic heterocycles. The molecule has 0 aliphatic heterocycles. The minimum atomic E-state index is -3.66. The van der Waals surface area contributed by atoms with E-state index in [1.54, 1.807) is 0 Å². The first-order valence-corrected chi connectivity index (χ1v) is 11.0. The van der Waals surface area contributed by atoms with Crippen LogP contribution in [-0.4, -0.2) is 44.3 Å². The lowest BCUT2D eigenvalue weighted by Gasteiger charge is -2.08. The summed E-state index contributed by atoms with van der Waals surface area (Å²) < 4.78 is 26.9. The average Bonchev–Trinajstić information content (AvgIpc) is 2.48. The molecule has 1 N–H and O–H groups in total. The molecule has 0 heterocycles. The maximum Gasteiger partial charge on any atom is 0.264 e. The van der Waals surface area contributed by atoms with Crippen molar-refractivity contribution in [3.8, 4) is 0 Å². The monoisotopic (exact) mass is 351 g/mol. The van der Waals surface area contributed by atoms with Crippen molar-refractivity contribution in [3.63, 3.8) is 0 Å². The molecule has 5 heteroatoms. The van der Waals surface area contributed by atoms with Crippen molar-refractivity contribution < 1.29 is 13.0 Å². The van der Waals surface area contributed by atoms with Gasteiger partial charge in [-0.1, -0.05) is 77.6 Å². The van der Waals surface area contributed by atoms with Gasteiger partial charge in [0.25, 0.3) is 10.1 Å². The van der Waals surface area contributed by atoms with E-state index in [2.05, 4.69) is 25.9 Å². The van der Waals surface area contributed by atoms with E-state index in [0.717, 1.165) is 0 Å². The molecule has 23 heavy (non-hydrogen) atoms. The highest BCUT2D eigenvalue weighted by molar-refractivity contribution is 7.85. The summed E-state index contributed by atoms with van der Waals surface area (Å²) in [4.78, 5) is 2.29. The van der Waals surface area contributed by atoms with E-state index in [1.807, 2.05) is 0 Å². The number of nitrogens with zero attached hydrogens (tertiary/aromatic N) is 1. The summed E-state index contributed by atoms with van der Waals surface area (Å²) in [5.41, 5.74) is 0. The van der Waals surface area contributed by atoms with Gasteiger partial charge in [0.2, 0.25) is 0 Å². The molecule has 142 valence electrons. The lowest BCUT2D eigenvalue weighted by atomic mass is 10.1. The first-order valence-electron chi connectivity index (χ1n) is 9.43. The Bertz CT molecular complexity index is 316. The highest BCUT2D eigenvalue weighted by Crippen LogP contribution is 2.11. The summed E-state index contributed by atoms with van der Waals surface area (Å²) >= 11 is 0. The van der Waals surface area contributed by atoms with Crippen LogP contribution in [0, 0.1) is 0 Å². The van der Waals surface area contributed by atoms with Crippen LogP contribution in [0.1, 0.15) is 90.9 Å². The standard InChI is InChI=1S/C16H35N.C2H6O3S/c1-4-5-6-7-8-9-10-11-12-13-14-15-16-17(2)3;1-2-6(3,4)5/h4-16H2,1-3H3;2H2,1H3,(H,3,4,5). The van der Waals surface area contributed by atoms with Gasteiger partial charge in [-0.3, -0.25) is 4.55 Å². The van der Waals surface area contributed by atoms with Gasteiger partial charge in [0.05, 0.1) is 5.75 Å². The second kappa shape index (κ2) is 18.2. The van der Waals surface area contributed by atoms with Gasteiger partial charge in [-0.15, -0.1) is 0 Å². The van der Waals surface area contributed by atoms with Crippen molar-refractivity contribution in [1.29, 1.82) is 0 Å². The Morgan fingerprint density at radius 3 is 1.26 bits per heavy atom. The Morgan fingerprint density at radius 2 is 1.00 bits per heavy atom. The van der Waals surface area contributed by atoms with Crippen LogP contribution in [0.5, 0.6) is 0 Å². The molecule has 0 radical (unpaired) electrons. The van der Waals surface area contributed by atoms with Crippen LogP contribution < -0.4 is 0 Å². The van der Waals surface area contributed by atoms with E-state index in [9.17, 15) is 8.42 Å². The number of unbranched alkanes of at least 4 members (excludes halogenated alkanes) is 11. The average molecular weight is 352 g/mol. The van der Waals surface area contributed by atoms with Crippen molar-refractivity contribution >= 4 is 10.1 Å². The zero-order chi connectivity index (χ0) is 18.0. The highest BCUT2D eigenvalue weighted by Gasteiger charge is 1.94. The largest absolute Gasteiger partial charge is 0.309 e. The Labute approximate surface area is 145 Å². The van der Waals surface area contributed by atoms with Crippen LogP contribution >= 0.6 is 0 Å². The van der Waals surface area contributed by atoms with Crippen LogP contribution in [0.2, 0.25) is 0 Å². The molecular formula is C18H41NO3S. The summed E-state index contributed by atoms with van der Waals surface area (Å²) in [5, 5.41) is 0. The minimum absolute atomic E-state index is 0.201. The molecule has 0 aromatic carbocycles. The van der Waals surface area contributed by atoms with Crippen molar-refractivity contribution in [3.05, 3.63) is 0 Å². The molecule has 4 nitrogen and oxygen atoms in total. The molecule has 0 fully saturated rings. The van der Waals surface area contributed by atoms with Crippen molar-refractivity contribution in [2.75, 3.05) is 26.4 Å². The summed E-state index contributed by atoms with van der Waals surface area (Å²) in [6, 6.07) is 0. The van der Waals surface area contributed by atoms with Gasteiger partial charge in [-0.25, -0.2) is 0 Å². The molecule has 0 aliphatic carbocycles. The van der Waals surface area contributed by atoms with Crippen molar-refractivity contribution in [2.45, 2.75) is 90.9 Å². The summed E-state index contributed by atoms with van der Waals surface area (Å²) in [5.74, 6) is -0.201. The smallest absolute Gasteiger partial charge is 0.264 e. The third kappa shape index (κ3) is 30.3. The molecule has 0 unspecified atom stereocenters. The third-order valence-corrected chi connectivity index (χ3v) is 4.55. The molecule has 0 bridgehead atoms. The first-order chi connectivity index (χ1) is 10.8. The van der Waals surface area contributed by atoms with Gasteiger partial charge in [0.15, 0.2) is 0 Å². The molecular weight excluding hydrogens is 310 g/mol. The maximum atomic E-state index is 9.56. The SMILES string of the molecule is CCCCCCCCCCCCCCN(C)C.CCS(=O)(=O)O. The van der Waals surface area contributed by atoms with E-state index in [0.29, 0.717) is 0 Å². The zero-order valence-corrected chi connectivity index (χ0v) is 16.8. The second-order valence-corrected chi connectivity index (χ2v) is 8.30. The normalized spacial score (nSPS) is 11.4. The van der Waals surface area contributed by atoms with E-state index >= 15 is 0 Å². The van der Waals surface area contributed by atoms with Crippen LogP contribution in [0.25, 0.3) is 0 Å². The van der Waals surface area contributed by atoms with E-state index in [4.69, 9.17) is 4.55 Å². The molecule has 0 spiro atoms. The zero-order valence-electron chi connectivity index (χ0n) is 16.0. The van der Waals surface area contributed by atoms with Gasteiger partial charge >= 0.3 is 0 Å². The number of hydrogen-bond donors (Lipinski definition) is 1. The van der Waals surface area contributed by atoms with Gasteiger partial charge < -0.3 is 4.90 Å². The van der Waals surface area contributed by atoms with Crippen LogP contribution in [-0.2, 0) is 10.1 Å². The van der Waals surface area contributed by atoms with E-state index in [1.165, 1.54) is 90.5 Å². The predicted octanol–water partition coefficient (Wildman–Crippen LogP) is 5.14. The molecule has 0 saturated heterocycles. The fourth-order valence-corrected chi connectivity index (χ4v) is 2.27. The second-order valence-electron chi connectivity index (χ2n) is 6.56. The summed E-state index contributed by atoms with van der Waals surface area (Å²) in [6.07, 6.45) is 17.3. The van der Waals surface area contributed by atoms with Gasteiger partial charge in [-0.05, 0) is 34.0 Å². The van der Waals surface area contributed by atoms with Crippen molar-refractivity contribution in [2.24, 2.45) is 0 Å². The van der Waals surface area contributed by atoms with E-state index < -0.39 is 10.1 Å². The van der Waals surface area contributed by atoms with Crippen LogP contribution in [0.4, 0.5) is 0 Å². The van der Waals surface area contributed by atoms with Gasteiger partial charge in [-0.2, -0.15) is 8.42 Å². The molecule has 0 aromatic rings. The number of hydrogen-bond acceptors (Lipinski definition) is 3. The van der Waals surface area contributed by atoms with Crippen LogP contribution in [0.15, 0.2) is 0 Å². The van der Waals surface area contributed by atoms with E-state index in [-0.39, 0.29) is 5.75 Å². The fourth-order valence-electron chi connectivity index (χ4n) is 2.27. The molecule has 0 rings (SSSR count). The Balaban J connectivity index is 0. The first kappa shape index (κ1) is 25.1. The fraction of sp³-hybridized carbons (Fsp3) is 1.00. The topological polar surface area (TPSA) is 57.6 Å².